The molecule has 1 aromatic carbocycles. The zero-order valence-electron chi connectivity index (χ0n) is 7.73. The van der Waals surface area contributed by atoms with E-state index in [2.05, 4.69) is 0 Å². The fourth-order valence-corrected chi connectivity index (χ4v) is 1.80. The summed E-state index contributed by atoms with van der Waals surface area (Å²) in [5.41, 5.74) is 7.35. The molecule has 0 aromatic heterocycles. The zero-order chi connectivity index (χ0) is 9.64. The van der Waals surface area contributed by atoms with Gasteiger partial charge in [0, 0.05) is 12.0 Å². The van der Waals surface area contributed by atoms with Gasteiger partial charge in [0.15, 0.2) is 0 Å². The van der Waals surface area contributed by atoms with Crippen molar-refractivity contribution < 1.29 is 4.74 Å². The maximum atomic E-state index is 5.88. The van der Waals surface area contributed by atoms with E-state index in [0.717, 1.165) is 17.7 Å². The molecule has 0 saturated carbocycles. The van der Waals surface area contributed by atoms with E-state index in [-0.39, 0.29) is 5.60 Å². The third kappa shape index (κ3) is 1.35. The van der Waals surface area contributed by atoms with E-state index in [0.29, 0.717) is 10.7 Å². The molecule has 13 heavy (non-hydrogen) atoms. The van der Waals surface area contributed by atoms with E-state index in [4.69, 9.17) is 22.1 Å². The first kappa shape index (κ1) is 8.70. The second kappa shape index (κ2) is 2.55. The van der Waals surface area contributed by atoms with Crippen LogP contribution in [0.25, 0.3) is 0 Å². The molecule has 0 fully saturated rings. The Morgan fingerprint density at radius 2 is 2.15 bits per heavy atom. The molecule has 0 unspecified atom stereocenters. The standard InChI is InChI=1S/C10H12ClNO/c1-10(2)5-6-3-4-7(11)8(12)9(6)13-10/h3-4H,5,12H2,1-2H3. The van der Waals surface area contributed by atoms with E-state index >= 15 is 0 Å². The second-order valence-electron chi connectivity index (χ2n) is 3.99. The van der Waals surface area contributed by atoms with Gasteiger partial charge in [-0.05, 0) is 19.9 Å². The Labute approximate surface area is 82.6 Å². The maximum Gasteiger partial charge on any atom is 0.147 e. The predicted molar refractivity (Wildman–Crippen MR) is 54.3 cm³/mol. The largest absolute Gasteiger partial charge is 0.485 e. The zero-order valence-corrected chi connectivity index (χ0v) is 8.48. The van der Waals surface area contributed by atoms with Crippen molar-refractivity contribution in [2.45, 2.75) is 25.9 Å². The van der Waals surface area contributed by atoms with Crippen LogP contribution in [-0.2, 0) is 6.42 Å². The Balaban J connectivity index is 2.53. The third-order valence-electron chi connectivity index (χ3n) is 2.22. The molecule has 2 rings (SSSR count). The fourth-order valence-electron chi connectivity index (χ4n) is 1.65. The molecular formula is C10H12ClNO. The van der Waals surface area contributed by atoms with E-state index in [1.165, 1.54) is 0 Å². The number of anilines is 1. The van der Waals surface area contributed by atoms with Crippen LogP contribution < -0.4 is 10.5 Å². The van der Waals surface area contributed by atoms with Crippen LogP contribution in [0.5, 0.6) is 5.75 Å². The van der Waals surface area contributed by atoms with Crippen LogP contribution in [0.3, 0.4) is 0 Å². The van der Waals surface area contributed by atoms with Crippen molar-refractivity contribution >= 4 is 17.3 Å². The molecule has 1 aromatic rings. The molecule has 0 atom stereocenters. The first-order chi connectivity index (χ1) is 5.99. The highest BCUT2D eigenvalue weighted by molar-refractivity contribution is 6.33. The van der Waals surface area contributed by atoms with Crippen molar-refractivity contribution in [2.75, 3.05) is 5.73 Å². The molecule has 1 aliphatic heterocycles. The third-order valence-corrected chi connectivity index (χ3v) is 2.55. The van der Waals surface area contributed by atoms with Crippen LogP contribution in [0.2, 0.25) is 5.02 Å². The summed E-state index contributed by atoms with van der Waals surface area (Å²) in [6.07, 6.45) is 0.893. The SMILES string of the molecule is CC1(C)Cc2ccc(Cl)c(N)c2O1. The number of nitrogens with two attached hydrogens (primary N) is 1. The van der Waals surface area contributed by atoms with Gasteiger partial charge < -0.3 is 10.5 Å². The monoisotopic (exact) mass is 197 g/mol. The molecule has 70 valence electrons. The molecule has 1 aliphatic rings. The van der Waals surface area contributed by atoms with Crippen molar-refractivity contribution in [1.29, 1.82) is 0 Å². The number of nitrogen functional groups attached to an aromatic ring is 1. The summed E-state index contributed by atoms with van der Waals surface area (Å²) < 4.78 is 5.70. The summed E-state index contributed by atoms with van der Waals surface area (Å²) in [4.78, 5) is 0. The molecule has 2 nitrogen and oxygen atoms in total. The van der Waals surface area contributed by atoms with Gasteiger partial charge in [0.2, 0.25) is 0 Å². The normalized spacial score (nSPS) is 18.1. The first-order valence-corrected chi connectivity index (χ1v) is 4.63. The number of rotatable bonds is 0. The lowest BCUT2D eigenvalue weighted by atomic mass is 10.0. The van der Waals surface area contributed by atoms with Gasteiger partial charge in [0.05, 0.1) is 10.7 Å². The van der Waals surface area contributed by atoms with Crippen LogP contribution in [-0.4, -0.2) is 5.60 Å². The van der Waals surface area contributed by atoms with Crippen LogP contribution in [0.15, 0.2) is 12.1 Å². The predicted octanol–water partition coefficient (Wildman–Crippen LogP) is 2.64. The van der Waals surface area contributed by atoms with Crippen LogP contribution in [0.1, 0.15) is 19.4 Å². The Hall–Kier alpha value is -0.890. The van der Waals surface area contributed by atoms with Gasteiger partial charge in [-0.3, -0.25) is 0 Å². The lowest BCUT2D eigenvalue weighted by molar-refractivity contribution is 0.139. The molecular weight excluding hydrogens is 186 g/mol. The number of benzene rings is 1. The molecule has 3 heteroatoms. The molecule has 0 spiro atoms. The summed E-state index contributed by atoms with van der Waals surface area (Å²) in [5.74, 6) is 0.762. The number of fused-ring (bicyclic) bond motifs is 1. The minimum atomic E-state index is -0.152. The number of hydrogen-bond acceptors (Lipinski definition) is 2. The molecule has 1 heterocycles. The van der Waals surface area contributed by atoms with E-state index < -0.39 is 0 Å². The molecule has 0 amide bonds. The lowest BCUT2D eigenvalue weighted by Crippen LogP contribution is -2.24. The highest BCUT2D eigenvalue weighted by Gasteiger charge is 2.31. The lowest BCUT2D eigenvalue weighted by Gasteiger charge is -2.17. The Morgan fingerprint density at radius 1 is 1.46 bits per heavy atom. The van der Waals surface area contributed by atoms with E-state index in [9.17, 15) is 0 Å². The first-order valence-electron chi connectivity index (χ1n) is 4.25. The fraction of sp³-hybridized carbons (Fsp3) is 0.400. The average Bonchev–Trinajstić information content (AvgIpc) is 2.34. The maximum absolute atomic E-state index is 5.88. The summed E-state index contributed by atoms with van der Waals surface area (Å²) in [7, 11) is 0. The summed E-state index contributed by atoms with van der Waals surface area (Å²) in [5, 5.41) is 0.566. The molecule has 0 aliphatic carbocycles. The Bertz CT molecular complexity index is 360. The minimum absolute atomic E-state index is 0.152. The van der Waals surface area contributed by atoms with Gasteiger partial charge in [-0.15, -0.1) is 0 Å². The van der Waals surface area contributed by atoms with E-state index in [1.54, 1.807) is 0 Å². The molecule has 2 N–H and O–H groups in total. The van der Waals surface area contributed by atoms with Gasteiger partial charge in [0.25, 0.3) is 0 Å². The highest BCUT2D eigenvalue weighted by Crippen LogP contribution is 2.42. The quantitative estimate of drug-likeness (QED) is 0.649. The number of hydrogen-bond donors (Lipinski definition) is 1. The topological polar surface area (TPSA) is 35.2 Å². The number of halogens is 1. The van der Waals surface area contributed by atoms with Crippen molar-refractivity contribution in [1.82, 2.24) is 0 Å². The summed E-state index contributed by atoms with van der Waals surface area (Å²) in [6, 6.07) is 3.79. The minimum Gasteiger partial charge on any atom is -0.485 e. The smallest absolute Gasteiger partial charge is 0.147 e. The molecule has 0 radical (unpaired) electrons. The average molecular weight is 198 g/mol. The second-order valence-corrected chi connectivity index (χ2v) is 4.40. The Kier molecular flexibility index (Phi) is 1.70. The summed E-state index contributed by atoms with van der Waals surface area (Å²) in [6.45, 7) is 4.08. The van der Waals surface area contributed by atoms with Gasteiger partial charge in [-0.2, -0.15) is 0 Å². The van der Waals surface area contributed by atoms with Crippen LogP contribution in [0.4, 0.5) is 5.69 Å². The Morgan fingerprint density at radius 3 is 2.85 bits per heavy atom. The number of ether oxygens (including phenoxy) is 1. The summed E-state index contributed by atoms with van der Waals surface area (Å²) >= 11 is 5.88. The van der Waals surface area contributed by atoms with Crippen molar-refractivity contribution in [3.63, 3.8) is 0 Å². The highest BCUT2D eigenvalue weighted by atomic mass is 35.5. The van der Waals surface area contributed by atoms with Crippen molar-refractivity contribution in [3.8, 4) is 5.75 Å². The van der Waals surface area contributed by atoms with Crippen molar-refractivity contribution in [2.24, 2.45) is 0 Å². The van der Waals surface area contributed by atoms with Crippen molar-refractivity contribution in [3.05, 3.63) is 22.7 Å². The van der Waals surface area contributed by atoms with Gasteiger partial charge in [-0.25, -0.2) is 0 Å². The molecule has 0 bridgehead atoms. The van der Waals surface area contributed by atoms with Gasteiger partial charge in [0.1, 0.15) is 11.4 Å². The van der Waals surface area contributed by atoms with E-state index in [1.807, 2.05) is 26.0 Å². The van der Waals surface area contributed by atoms with Gasteiger partial charge >= 0.3 is 0 Å². The van der Waals surface area contributed by atoms with Gasteiger partial charge in [-0.1, -0.05) is 17.7 Å². The van der Waals surface area contributed by atoms with Crippen LogP contribution in [0, 0.1) is 0 Å². The molecule has 0 saturated heterocycles. The van der Waals surface area contributed by atoms with Crippen LogP contribution >= 0.6 is 11.6 Å².